The fourth-order valence-corrected chi connectivity index (χ4v) is 1.59. The molecule has 2 aromatic heterocycles. The van der Waals surface area contributed by atoms with Crippen LogP contribution in [0.15, 0.2) is 18.6 Å². The number of imidazole rings is 1. The van der Waals surface area contributed by atoms with Crippen molar-refractivity contribution in [2.24, 2.45) is 11.6 Å². The zero-order chi connectivity index (χ0) is 13.0. The van der Waals surface area contributed by atoms with Crippen LogP contribution in [0.5, 0.6) is 0 Å². The number of fused-ring (bicyclic) bond motifs is 1. The Kier molecular flexibility index (Phi) is 3.58. The quantitative estimate of drug-likeness (QED) is 0.316. The lowest BCUT2D eigenvalue weighted by Gasteiger charge is -2.08. The maximum absolute atomic E-state index is 10.6. The Balaban J connectivity index is 2.10. The monoisotopic (exact) mass is 249 g/mol. The highest BCUT2D eigenvalue weighted by Crippen LogP contribution is 2.15. The molecule has 0 bridgehead atoms. The van der Waals surface area contributed by atoms with Gasteiger partial charge < -0.3 is 20.9 Å². The first-order chi connectivity index (χ1) is 8.70. The number of rotatable bonds is 6. The van der Waals surface area contributed by atoms with E-state index < -0.39 is 0 Å². The molecule has 1 amide bonds. The molecule has 8 nitrogen and oxygen atoms in total. The molecule has 0 aliphatic rings. The van der Waals surface area contributed by atoms with Gasteiger partial charge in [-0.2, -0.15) is 0 Å². The van der Waals surface area contributed by atoms with Crippen LogP contribution in [0.3, 0.4) is 0 Å². The molecule has 18 heavy (non-hydrogen) atoms. The third-order valence-electron chi connectivity index (χ3n) is 2.41. The number of primary amides is 1. The highest BCUT2D eigenvalue weighted by atomic mass is 16.1. The summed E-state index contributed by atoms with van der Waals surface area (Å²) in [6.45, 7) is 0.590. The van der Waals surface area contributed by atoms with Gasteiger partial charge in [-0.1, -0.05) is 0 Å². The number of aromatic nitrogens is 3. The van der Waals surface area contributed by atoms with E-state index in [1.54, 1.807) is 23.0 Å². The molecule has 2 rings (SSSR count). The van der Waals surface area contributed by atoms with Crippen LogP contribution in [0.2, 0.25) is 0 Å². The van der Waals surface area contributed by atoms with E-state index >= 15 is 0 Å². The van der Waals surface area contributed by atoms with Crippen molar-refractivity contribution in [3.8, 4) is 0 Å². The van der Waals surface area contributed by atoms with Gasteiger partial charge in [-0.15, -0.1) is 0 Å². The molecule has 8 heteroatoms. The van der Waals surface area contributed by atoms with Crippen molar-refractivity contribution >= 4 is 23.2 Å². The molecule has 0 aliphatic heterocycles. The Morgan fingerprint density at radius 2 is 2.33 bits per heavy atom. The molecular weight excluding hydrogens is 234 g/mol. The average Bonchev–Trinajstić information content (AvgIpc) is 2.82. The molecule has 0 unspecified atom stereocenters. The third kappa shape index (κ3) is 2.66. The Labute approximate surface area is 103 Å². The van der Waals surface area contributed by atoms with Crippen molar-refractivity contribution in [2.75, 3.05) is 17.3 Å². The third-order valence-corrected chi connectivity index (χ3v) is 2.41. The van der Waals surface area contributed by atoms with Crippen LogP contribution in [0.4, 0.5) is 11.6 Å². The number of hydrogen-bond acceptors (Lipinski definition) is 6. The Morgan fingerprint density at radius 1 is 1.50 bits per heavy atom. The number of nitrogens with zero attached hydrogens (tertiary/aromatic N) is 3. The first kappa shape index (κ1) is 12.1. The van der Waals surface area contributed by atoms with Crippen molar-refractivity contribution in [3.05, 3.63) is 18.6 Å². The summed E-state index contributed by atoms with van der Waals surface area (Å²) in [4.78, 5) is 19.1. The number of carbonyl (C=O) groups is 1. The molecule has 0 saturated carbocycles. The maximum atomic E-state index is 10.6. The van der Waals surface area contributed by atoms with Crippen molar-refractivity contribution in [2.45, 2.75) is 12.8 Å². The van der Waals surface area contributed by atoms with Crippen LogP contribution in [0.25, 0.3) is 5.65 Å². The van der Waals surface area contributed by atoms with E-state index in [1.807, 2.05) is 0 Å². The lowest BCUT2D eigenvalue weighted by Crippen LogP contribution is -2.14. The van der Waals surface area contributed by atoms with Crippen molar-refractivity contribution in [1.82, 2.24) is 14.4 Å². The van der Waals surface area contributed by atoms with Crippen LogP contribution in [0.1, 0.15) is 12.8 Å². The SMILES string of the molecule is NNc1cn2ccnc2c(NCCCC(N)=O)n1. The summed E-state index contributed by atoms with van der Waals surface area (Å²) >= 11 is 0. The zero-order valence-electron chi connectivity index (χ0n) is 9.76. The summed E-state index contributed by atoms with van der Waals surface area (Å²) < 4.78 is 1.80. The number of nitrogens with two attached hydrogens (primary N) is 2. The first-order valence-electron chi connectivity index (χ1n) is 5.53. The lowest BCUT2D eigenvalue weighted by molar-refractivity contribution is -0.118. The van der Waals surface area contributed by atoms with Crippen LogP contribution < -0.4 is 22.3 Å². The summed E-state index contributed by atoms with van der Waals surface area (Å²) in [5.74, 6) is 6.16. The fraction of sp³-hybridized carbons (Fsp3) is 0.300. The molecule has 0 fully saturated rings. The topological polar surface area (TPSA) is 123 Å². The van der Waals surface area contributed by atoms with Gasteiger partial charge in [-0.25, -0.2) is 15.8 Å². The molecule has 0 saturated heterocycles. The highest BCUT2D eigenvalue weighted by molar-refractivity contribution is 5.73. The number of carbonyl (C=O) groups excluding carboxylic acids is 1. The molecule has 6 N–H and O–H groups in total. The second-order valence-corrected chi connectivity index (χ2v) is 3.77. The Morgan fingerprint density at radius 3 is 3.06 bits per heavy atom. The molecule has 0 atom stereocenters. The summed E-state index contributed by atoms with van der Waals surface area (Å²) in [6.07, 6.45) is 6.19. The molecule has 0 spiro atoms. The largest absolute Gasteiger partial charge is 0.370 e. The van der Waals surface area contributed by atoms with Crippen molar-refractivity contribution < 1.29 is 4.79 Å². The highest BCUT2D eigenvalue weighted by Gasteiger charge is 2.06. The Bertz CT molecular complexity index is 550. The number of hydrazine groups is 1. The van der Waals surface area contributed by atoms with E-state index in [4.69, 9.17) is 11.6 Å². The molecule has 0 aromatic carbocycles. The second kappa shape index (κ2) is 5.32. The van der Waals surface area contributed by atoms with E-state index in [2.05, 4.69) is 20.7 Å². The van der Waals surface area contributed by atoms with Crippen LogP contribution in [0, 0.1) is 0 Å². The van der Waals surface area contributed by atoms with E-state index in [0.717, 1.165) is 0 Å². The average molecular weight is 249 g/mol. The van der Waals surface area contributed by atoms with Gasteiger partial charge in [0.2, 0.25) is 5.91 Å². The van der Waals surface area contributed by atoms with E-state index in [0.29, 0.717) is 36.7 Å². The molecular formula is C10H15N7O. The zero-order valence-corrected chi connectivity index (χ0v) is 9.76. The summed E-state index contributed by atoms with van der Waals surface area (Å²) in [5.41, 5.74) is 8.25. The molecule has 0 radical (unpaired) electrons. The maximum Gasteiger partial charge on any atom is 0.217 e. The number of nitrogen functional groups attached to an aromatic ring is 1. The molecule has 0 aliphatic carbocycles. The predicted molar refractivity (Wildman–Crippen MR) is 67.7 cm³/mol. The Hall–Kier alpha value is -2.35. The standard InChI is InChI=1S/C10H15N7O/c11-7(18)2-1-3-13-9-10-14-4-5-17(10)6-8(15-9)16-12/h4-6,16H,1-3,12H2,(H2,11,18)(H,13,15). The van der Waals surface area contributed by atoms with Gasteiger partial charge in [0.15, 0.2) is 17.3 Å². The van der Waals surface area contributed by atoms with Gasteiger partial charge in [0.25, 0.3) is 0 Å². The van der Waals surface area contributed by atoms with Gasteiger partial charge in [0, 0.05) is 25.4 Å². The molecule has 2 heterocycles. The number of nitrogens with one attached hydrogen (secondary N) is 2. The van der Waals surface area contributed by atoms with E-state index in [9.17, 15) is 4.79 Å². The van der Waals surface area contributed by atoms with E-state index in [-0.39, 0.29) is 5.91 Å². The van der Waals surface area contributed by atoms with Crippen LogP contribution >= 0.6 is 0 Å². The van der Waals surface area contributed by atoms with Crippen LogP contribution in [-0.4, -0.2) is 26.8 Å². The van der Waals surface area contributed by atoms with Gasteiger partial charge in [0.05, 0.1) is 6.20 Å². The number of hydrogen-bond donors (Lipinski definition) is 4. The second-order valence-electron chi connectivity index (χ2n) is 3.77. The number of amides is 1. The summed E-state index contributed by atoms with van der Waals surface area (Å²) in [7, 11) is 0. The first-order valence-corrected chi connectivity index (χ1v) is 5.53. The van der Waals surface area contributed by atoms with Crippen molar-refractivity contribution in [1.29, 1.82) is 0 Å². The minimum atomic E-state index is -0.312. The minimum absolute atomic E-state index is 0.312. The smallest absolute Gasteiger partial charge is 0.217 e. The van der Waals surface area contributed by atoms with E-state index in [1.165, 1.54) is 0 Å². The summed E-state index contributed by atoms with van der Waals surface area (Å²) in [5, 5.41) is 3.11. The van der Waals surface area contributed by atoms with Gasteiger partial charge in [-0.05, 0) is 6.42 Å². The van der Waals surface area contributed by atoms with Gasteiger partial charge in [0.1, 0.15) is 0 Å². The molecule has 96 valence electrons. The van der Waals surface area contributed by atoms with Crippen molar-refractivity contribution in [3.63, 3.8) is 0 Å². The predicted octanol–water partition coefficient (Wildman–Crippen LogP) is -0.308. The summed E-state index contributed by atoms with van der Waals surface area (Å²) in [6, 6.07) is 0. The molecule has 2 aromatic rings. The number of anilines is 2. The lowest BCUT2D eigenvalue weighted by atomic mass is 10.3. The van der Waals surface area contributed by atoms with Crippen LogP contribution in [-0.2, 0) is 4.79 Å². The fourth-order valence-electron chi connectivity index (χ4n) is 1.59. The minimum Gasteiger partial charge on any atom is -0.370 e. The normalized spacial score (nSPS) is 10.5. The van der Waals surface area contributed by atoms with Gasteiger partial charge in [-0.3, -0.25) is 4.79 Å². The van der Waals surface area contributed by atoms with Gasteiger partial charge >= 0.3 is 0 Å².